The molecule has 2 aliphatic heterocycles. The summed E-state index contributed by atoms with van der Waals surface area (Å²) < 4.78 is 13.2. The minimum absolute atomic E-state index is 0.0160. The third-order valence-electron chi connectivity index (χ3n) is 10.4. The number of rotatable bonds is 2. The normalized spacial score (nSPS) is 44.9. The third kappa shape index (κ3) is 1.77. The fourth-order valence-electron chi connectivity index (χ4n) is 8.53. The zero-order valence-electron chi connectivity index (χ0n) is 18.8. The van der Waals surface area contributed by atoms with Gasteiger partial charge in [0.25, 0.3) is 0 Å². The molecule has 1 aromatic rings. The summed E-state index contributed by atoms with van der Waals surface area (Å²) in [5, 5.41) is 26.6. The second-order valence-electron chi connectivity index (χ2n) is 11.8. The van der Waals surface area contributed by atoms with Crippen molar-refractivity contribution in [2.24, 2.45) is 16.7 Å². The highest BCUT2D eigenvalue weighted by molar-refractivity contribution is 5.63. The molecule has 5 heteroatoms. The highest BCUT2D eigenvalue weighted by atomic mass is 16.6. The first kappa shape index (κ1) is 19.4. The molecule has 1 aromatic carbocycles. The summed E-state index contributed by atoms with van der Waals surface area (Å²) in [4.78, 5) is 0. The Kier molecular flexibility index (Phi) is 3.46. The van der Waals surface area contributed by atoms with Gasteiger partial charge in [0.05, 0.1) is 5.60 Å². The molecule has 164 valence electrons. The smallest absolute Gasteiger partial charge is 0.165 e. The van der Waals surface area contributed by atoms with Crippen LogP contribution in [0.15, 0.2) is 12.1 Å². The van der Waals surface area contributed by atoms with E-state index < -0.39 is 11.2 Å². The second kappa shape index (κ2) is 5.36. The standard InChI is InChI=1S/C25H35NO4/c1-21(2,3)22(4,28)16-13-23-8-9-25(16,29-5)20-24(23)10-11-26-17(23)12-14-6-7-15(27)19(30-20)18(14)24/h6-7,16-17,20,26-28H,8-13H2,1-5H3/t16-,17?,20?,22+,23-,24+,25-/m1/s1. The Bertz CT molecular complexity index is 936. The first-order valence-corrected chi connectivity index (χ1v) is 11.6. The van der Waals surface area contributed by atoms with Crippen molar-refractivity contribution in [3.63, 3.8) is 0 Å². The molecule has 3 N–H and O–H groups in total. The van der Waals surface area contributed by atoms with Gasteiger partial charge in [-0.3, -0.25) is 0 Å². The van der Waals surface area contributed by atoms with Crippen LogP contribution in [-0.4, -0.2) is 47.2 Å². The van der Waals surface area contributed by atoms with Gasteiger partial charge in [0, 0.05) is 35.5 Å². The van der Waals surface area contributed by atoms with E-state index >= 15 is 0 Å². The van der Waals surface area contributed by atoms with Gasteiger partial charge in [-0.25, -0.2) is 0 Å². The van der Waals surface area contributed by atoms with Crippen molar-refractivity contribution >= 4 is 0 Å². The van der Waals surface area contributed by atoms with E-state index in [1.54, 1.807) is 13.2 Å². The average molecular weight is 414 g/mol. The topological polar surface area (TPSA) is 71.0 Å². The number of piperidine rings is 1. The molecule has 5 nitrogen and oxygen atoms in total. The van der Waals surface area contributed by atoms with E-state index in [4.69, 9.17) is 9.47 Å². The van der Waals surface area contributed by atoms with E-state index in [1.807, 2.05) is 6.92 Å². The van der Waals surface area contributed by atoms with Crippen LogP contribution in [0.2, 0.25) is 0 Å². The zero-order chi connectivity index (χ0) is 21.3. The van der Waals surface area contributed by atoms with E-state index in [-0.39, 0.29) is 34.0 Å². The van der Waals surface area contributed by atoms with E-state index in [0.717, 1.165) is 38.6 Å². The summed E-state index contributed by atoms with van der Waals surface area (Å²) in [6, 6.07) is 4.26. The number of ether oxygens (including phenoxy) is 2. The van der Waals surface area contributed by atoms with E-state index in [2.05, 4.69) is 32.2 Å². The van der Waals surface area contributed by atoms with Gasteiger partial charge in [0.2, 0.25) is 0 Å². The summed E-state index contributed by atoms with van der Waals surface area (Å²) >= 11 is 0. The first-order chi connectivity index (χ1) is 14.1. The summed E-state index contributed by atoms with van der Waals surface area (Å²) in [5.74, 6) is 0.887. The number of phenols is 1. The minimum Gasteiger partial charge on any atom is -0.504 e. The van der Waals surface area contributed by atoms with E-state index in [9.17, 15) is 10.2 Å². The van der Waals surface area contributed by atoms with Crippen molar-refractivity contribution in [2.75, 3.05) is 13.7 Å². The number of methoxy groups -OCH3 is 1. The Morgan fingerprint density at radius 2 is 1.93 bits per heavy atom. The van der Waals surface area contributed by atoms with Crippen LogP contribution in [0.25, 0.3) is 0 Å². The molecule has 2 spiro atoms. The third-order valence-corrected chi connectivity index (χ3v) is 10.4. The number of hydrogen-bond donors (Lipinski definition) is 3. The fourth-order valence-corrected chi connectivity index (χ4v) is 8.53. The van der Waals surface area contributed by atoms with Gasteiger partial charge in [-0.1, -0.05) is 26.8 Å². The Morgan fingerprint density at radius 1 is 1.17 bits per heavy atom. The van der Waals surface area contributed by atoms with Crippen molar-refractivity contribution in [1.29, 1.82) is 0 Å². The Morgan fingerprint density at radius 3 is 2.63 bits per heavy atom. The molecule has 0 amide bonds. The van der Waals surface area contributed by atoms with Crippen molar-refractivity contribution < 1.29 is 19.7 Å². The predicted octanol–water partition coefficient (Wildman–Crippen LogP) is 3.29. The Hall–Kier alpha value is -1.30. The Balaban J connectivity index is 1.65. The van der Waals surface area contributed by atoms with Crippen LogP contribution in [-0.2, 0) is 16.6 Å². The number of phenolic OH excluding ortho intramolecular Hbond substituents is 1. The maximum Gasteiger partial charge on any atom is 0.165 e. The second-order valence-corrected chi connectivity index (χ2v) is 11.8. The number of fused-ring (bicyclic) bond motifs is 2. The molecular weight excluding hydrogens is 378 g/mol. The summed E-state index contributed by atoms with van der Waals surface area (Å²) in [6.07, 6.45) is 4.66. The van der Waals surface area contributed by atoms with Crippen LogP contribution >= 0.6 is 0 Å². The summed E-state index contributed by atoms with van der Waals surface area (Å²) in [6.45, 7) is 9.33. The van der Waals surface area contributed by atoms with Crippen LogP contribution in [0.5, 0.6) is 11.5 Å². The van der Waals surface area contributed by atoms with Gasteiger partial charge >= 0.3 is 0 Å². The highest BCUT2D eigenvalue weighted by Gasteiger charge is 2.81. The maximum absolute atomic E-state index is 12.0. The average Bonchev–Trinajstić information content (AvgIpc) is 3.05. The van der Waals surface area contributed by atoms with E-state index in [1.165, 1.54) is 11.1 Å². The largest absolute Gasteiger partial charge is 0.504 e. The fraction of sp³-hybridized carbons (Fsp3) is 0.760. The lowest BCUT2D eigenvalue weighted by atomic mass is 9.33. The number of hydrogen-bond acceptors (Lipinski definition) is 5. The number of aromatic hydroxyl groups is 1. The molecular formula is C25H35NO4. The molecule has 3 saturated carbocycles. The molecule has 7 atom stereocenters. The number of aliphatic hydroxyl groups is 1. The monoisotopic (exact) mass is 413 g/mol. The molecule has 2 heterocycles. The minimum atomic E-state index is -0.910. The molecule has 4 bridgehead atoms. The van der Waals surface area contributed by atoms with E-state index in [0.29, 0.717) is 11.8 Å². The van der Waals surface area contributed by atoms with Gasteiger partial charge in [-0.2, -0.15) is 0 Å². The van der Waals surface area contributed by atoms with Crippen molar-refractivity contribution in [3.8, 4) is 11.5 Å². The molecule has 0 radical (unpaired) electrons. The van der Waals surface area contributed by atoms with Crippen LogP contribution in [0.3, 0.4) is 0 Å². The molecule has 0 aromatic heterocycles. The molecule has 7 rings (SSSR count). The Labute approximate surface area is 179 Å². The van der Waals surface area contributed by atoms with Crippen LogP contribution in [0, 0.1) is 16.7 Å². The van der Waals surface area contributed by atoms with Crippen molar-refractivity contribution in [2.45, 2.75) is 88.6 Å². The first-order valence-electron chi connectivity index (χ1n) is 11.6. The van der Waals surface area contributed by atoms with Crippen molar-refractivity contribution in [3.05, 3.63) is 23.3 Å². The lowest BCUT2D eigenvalue weighted by Gasteiger charge is -2.74. The van der Waals surface area contributed by atoms with Crippen LogP contribution < -0.4 is 10.1 Å². The summed E-state index contributed by atoms with van der Waals surface area (Å²) in [5.41, 5.74) is 0.658. The van der Waals surface area contributed by atoms with Gasteiger partial charge in [-0.15, -0.1) is 0 Å². The van der Waals surface area contributed by atoms with Gasteiger partial charge in [0.1, 0.15) is 11.7 Å². The van der Waals surface area contributed by atoms with Gasteiger partial charge in [0.15, 0.2) is 11.5 Å². The highest BCUT2D eigenvalue weighted by Crippen LogP contribution is 2.77. The van der Waals surface area contributed by atoms with Gasteiger partial charge < -0.3 is 25.0 Å². The van der Waals surface area contributed by atoms with Crippen LogP contribution in [0.4, 0.5) is 0 Å². The maximum atomic E-state index is 12.0. The van der Waals surface area contributed by atoms with Crippen molar-refractivity contribution in [1.82, 2.24) is 5.32 Å². The lowest BCUT2D eigenvalue weighted by molar-refractivity contribution is -0.303. The number of nitrogens with one attached hydrogen (secondary N) is 1. The molecule has 30 heavy (non-hydrogen) atoms. The zero-order valence-corrected chi connectivity index (χ0v) is 18.8. The summed E-state index contributed by atoms with van der Waals surface area (Å²) in [7, 11) is 1.80. The molecule has 4 aliphatic carbocycles. The molecule has 6 aliphatic rings. The molecule has 4 fully saturated rings. The lowest BCUT2D eigenvalue weighted by Crippen LogP contribution is -2.83. The molecule has 2 unspecified atom stereocenters. The van der Waals surface area contributed by atoms with Crippen LogP contribution in [0.1, 0.15) is 64.5 Å². The van der Waals surface area contributed by atoms with Gasteiger partial charge in [-0.05, 0) is 62.6 Å². The number of benzene rings is 1. The SMILES string of the molecule is CO[C@]12CC[C@@]3(C[C@@H]1[C@](C)(O)C(C)(C)C)C1Cc4ccc(O)c5c4[C@@]3(CCN1)C2O5. The molecule has 1 saturated heterocycles. The quantitative estimate of drug-likeness (QED) is 0.694. The predicted molar refractivity (Wildman–Crippen MR) is 114 cm³/mol.